The molecular formula is C28H35N5O2. The highest BCUT2D eigenvalue weighted by Gasteiger charge is 2.49. The van der Waals surface area contributed by atoms with Crippen LogP contribution in [0.15, 0.2) is 30.5 Å². The molecule has 3 aliphatic rings. The summed E-state index contributed by atoms with van der Waals surface area (Å²) in [6.07, 6.45) is 5.07. The van der Waals surface area contributed by atoms with Gasteiger partial charge in [-0.25, -0.2) is 0 Å². The maximum absolute atomic E-state index is 13.1. The number of benzene rings is 1. The van der Waals surface area contributed by atoms with Crippen LogP contribution in [0, 0.1) is 42.9 Å². The summed E-state index contributed by atoms with van der Waals surface area (Å²) in [5, 5.41) is 12.6. The van der Waals surface area contributed by atoms with Gasteiger partial charge >= 0.3 is 0 Å². The standard InChI is InChI=1S/C28H33N5O2.H2/c1-17-4-5-21(14-30-17)27(34)31-26-9-20(13-29)8-25(19(26)3)16-32-6-7-33(18(2)15-32)28(35)24-11-22-10-23(22)12-24;/h4-5,8-9,14,18,22-24H,6-7,10-12,15-16H2,1-3H3,(H,31,34);1H/t18-,22?,23?,24?;/m0./s1. The van der Waals surface area contributed by atoms with E-state index >= 15 is 0 Å². The maximum atomic E-state index is 13.1. The highest BCUT2D eigenvalue weighted by Crippen LogP contribution is 2.54. The molecule has 1 aromatic carbocycles. The number of hydrogen-bond acceptors (Lipinski definition) is 5. The van der Waals surface area contributed by atoms with Gasteiger partial charge in [0.2, 0.25) is 5.91 Å². The number of aromatic nitrogens is 1. The van der Waals surface area contributed by atoms with Gasteiger partial charge in [0.15, 0.2) is 0 Å². The van der Waals surface area contributed by atoms with E-state index in [1.165, 1.54) is 6.42 Å². The predicted molar refractivity (Wildman–Crippen MR) is 136 cm³/mol. The summed E-state index contributed by atoms with van der Waals surface area (Å²) in [5.41, 5.74) is 4.46. The lowest BCUT2D eigenvalue weighted by Gasteiger charge is -2.41. The number of pyridine rings is 1. The lowest BCUT2D eigenvalue weighted by molar-refractivity contribution is -0.140. The number of aryl methyl sites for hydroxylation is 1. The summed E-state index contributed by atoms with van der Waals surface area (Å²) >= 11 is 0. The molecule has 3 fully saturated rings. The summed E-state index contributed by atoms with van der Waals surface area (Å²) < 4.78 is 0. The number of hydrogen-bond donors (Lipinski definition) is 1. The Morgan fingerprint density at radius 3 is 2.60 bits per heavy atom. The van der Waals surface area contributed by atoms with Gasteiger partial charge in [-0.2, -0.15) is 5.26 Å². The molecule has 3 atom stereocenters. The van der Waals surface area contributed by atoms with E-state index in [-0.39, 0.29) is 19.3 Å². The van der Waals surface area contributed by atoms with Crippen LogP contribution in [-0.4, -0.2) is 52.3 Å². The number of carbonyl (C=O) groups excluding carboxylic acids is 2. The Morgan fingerprint density at radius 1 is 1.17 bits per heavy atom. The maximum Gasteiger partial charge on any atom is 0.257 e. The second kappa shape index (κ2) is 9.43. The molecule has 2 unspecified atom stereocenters. The van der Waals surface area contributed by atoms with Gasteiger partial charge in [0.25, 0.3) is 5.91 Å². The summed E-state index contributed by atoms with van der Waals surface area (Å²) in [6, 6.07) is 9.58. The molecule has 5 rings (SSSR count). The van der Waals surface area contributed by atoms with Crippen LogP contribution in [-0.2, 0) is 11.3 Å². The lowest BCUT2D eigenvalue weighted by Crippen LogP contribution is -2.55. The Balaban J connectivity index is 0.00000304. The van der Waals surface area contributed by atoms with Crippen molar-refractivity contribution in [3.05, 3.63) is 58.4 Å². The second-order valence-corrected chi connectivity index (χ2v) is 10.6. The van der Waals surface area contributed by atoms with E-state index < -0.39 is 0 Å². The first-order valence-electron chi connectivity index (χ1n) is 12.6. The minimum atomic E-state index is -0.244. The molecular weight excluding hydrogens is 438 g/mol. The molecule has 2 aromatic rings. The van der Waals surface area contributed by atoms with Crippen molar-refractivity contribution in [3.63, 3.8) is 0 Å². The first-order chi connectivity index (χ1) is 16.8. The first-order valence-corrected chi connectivity index (χ1v) is 12.6. The number of carbonyl (C=O) groups is 2. The monoisotopic (exact) mass is 473 g/mol. The Morgan fingerprint density at radius 2 is 1.94 bits per heavy atom. The van der Waals surface area contributed by atoms with Crippen molar-refractivity contribution in [2.24, 2.45) is 17.8 Å². The highest BCUT2D eigenvalue weighted by atomic mass is 16.2. The second-order valence-electron chi connectivity index (χ2n) is 10.6. The van der Waals surface area contributed by atoms with Crippen molar-refractivity contribution in [2.45, 2.75) is 52.6 Å². The molecule has 0 spiro atoms. The molecule has 0 bridgehead atoms. The average molecular weight is 474 g/mol. The number of anilines is 1. The molecule has 1 aliphatic heterocycles. The van der Waals surface area contributed by atoms with Gasteiger partial charge < -0.3 is 10.2 Å². The van der Waals surface area contributed by atoms with Crippen molar-refractivity contribution < 1.29 is 11.0 Å². The van der Waals surface area contributed by atoms with Crippen LogP contribution in [0.25, 0.3) is 0 Å². The molecule has 1 saturated heterocycles. The molecule has 35 heavy (non-hydrogen) atoms. The number of fused-ring (bicyclic) bond motifs is 1. The molecule has 7 nitrogen and oxygen atoms in total. The average Bonchev–Trinajstić information content (AvgIpc) is 3.46. The molecule has 1 N–H and O–H groups in total. The van der Waals surface area contributed by atoms with Crippen molar-refractivity contribution in [3.8, 4) is 6.07 Å². The van der Waals surface area contributed by atoms with Crippen LogP contribution in [0.1, 0.15) is 60.4 Å². The first kappa shape index (κ1) is 23.5. The minimum Gasteiger partial charge on any atom is -0.337 e. The van der Waals surface area contributed by atoms with E-state index in [1.807, 2.05) is 19.9 Å². The van der Waals surface area contributed by atoms with Gasteiger partial charge in [-0.15, -0.1) is 0 Å². The topological polar surface area (TPSA) is 89.3 Å². The minimum absolute atomic E-state index is 0. The number of nitrogens with one attached hydrogen (secondary N) is 1. The molecule has 2 saturated carbocycles. The van der Waals surface area contributed by atoms with Crippen molar-refractivity contribution in [1.29, 1.82) is 5.26 Å². The quantitative estimate of drug-likeness (QED) is 0.705. The van der Waals surface area contributed by atoms with Gasteiger partial charge in [0.1, 0.15) is 0 Å². The molecule has 0 radical (unpaired) electrons. The SMILES string of the molecule is Cc1ccc(C(=O)Nc2cc(C#N)cc(CN3CCN(C(=O)C4CC5CC5C4)[C@@H](C)C3)c2C)cn1.[HH]. The van der Waals surface area contributed by atoms with E-state index in [2.05, 4.69) is 33.1 Å². The van der Waals surface area contributed by atoms with E-state index in [9.17, 15) is 14.9 Å². The summed E-state index contributed by atoms with van der Waals surface area (Å²) in [4.78, 5) is 34.5. The molecule has 2 aliphatic carbocycles. The van der Waals surface area contributed by atoms with Gasteiger partial charge in [-0.05, 0) is 87.3 Å². The Hall–Kier alpha value is -3.24. The van der Waals surface area contributed by atoms with E-state index in [1.54, 1.807) is 24.4 Å². The Labute approximate surface area is 208 Å². The van der Waals surface area contributed by atoms with Crippen LogP contribution < -0.4 is 5.32 Å². The third kappa shape index (κ3) is 4.94. The van der Waals surface area contributed by atoms with Crippen LogP contribution in [0.2, 0.25) is 0 Å². The van der Waals surface area contributed by atoms with Crippen LogP contribution in [0.3, 0.4) is 0 Å². The van der Waals surface area contributed by atoms with E-state index in [0.717, 1.165) is 61.1 Å². The zero-order valence-corrected chi connectivity index (χ0v) is 20.8. The summed E-state index contributed by atoms with van der Waals surface area (Å²) in [6.45, 7) is 9.03. The summed E-state index contributed by atoms with van der Waals surface area (Å²) in [7, 11) is 0. The van der Waals surface area contributed by atoms with Crippen molar-refractivity contribution >= 4 is 17.5 Å². The number of piperazine rings is 1. The fourth-order valence-corrected chi connectivity index (χ4v) is 5.83. The third-order valence-corrected chi connectivity index (χ3v) is 8.05. The number of nitrogens with zero attached hydrogens (tertiary/aromatic N) is 4. The summed E-state index contributed by atoms with van der Waals surface area (Å²) in [5.74, 6) is 1.97. The largest absolute Gasteiger partial charge is 0.337 e. The van der Waals surface area contributed by atoms with Crippen LogP contribution >= 0.6 is 0 Å². The zero-order valence-electron chi connectivity index (χ0n) is 20.8. The molecule has 2 amide bonds. The predicted octanol–water partition coefficient (Wildman–Crippen LogP) is 4.15. The van der Waals surface area contributed by atoms with Gasteiger partial charge in [0, 0.05) is 57.1 Å². The molecule has 1 aromatic heterocycles. The van der Waals surface area contributed by atoms with Gasteiger partial charge in [-0.3, -0.25) is 19.5 Å². The Kier molecular flexibility index (Phi) is 6.33. The van der Waals surface area contributed by atoms with E-state index in [0.29, 0.717) is 29.3 Å². The smallest absolute Gasteiger partial charge is 0.257 e. The zero-order chi connectivity index (χ0) is 24.7. The third-order valence-electron chi connectivity index (χ3n) is 8.05. The van der Waals surface area contributed by atoms with Crippen LogP contribution in [0.4, 0.5) is 5.69 Å². The highest BCUT2D eigenvalue weighted by molar-refractivity contribution is 6.04. The van der Waals surface area contributed by atoms with E-state index in [4.69, 9.17) is 0 Å². The molecule has 184 valence electrons. The number of rotatable bonds is 5. The normalized spacial score (nSPS) is 25.6. The number of nitriles is 1. The van der Waals surface area contributed by atoms with Crippen molar-refractivity contribution in [1.82, 2.24) is 14.8 Å². The molecule has 2 heterocycles. The Bertz CT molecular complexity index is 1180. The van der Waals surface area contributed by atoms with Gasteiger partial charge in [-0.1, -0.05) is 0 Å². The van der Waals surface area contributed by atoms with Crippen LogP contribution in [0.5, 0.6) is 0 Å². The fraction of sp³-hybridized carbons (Fsp3) is 0.500. The fourth-order valence-electron chi connectivity index (χ4n) is 5.83. The van der Waals surface area contributed by atoms with Gasteiger partial charge in [0.05, 0.1) is 17.2 Å². The molecule has 7 heteroatoms. The van der Waals surface area contributed by atoms with Crippen molar-refractivity contribution in [2.75, 3.05) is 25.0 Å². The number of amides is 2. The lowest BCUT2D eigenvalue weighted by atomic mass is 9.99.